The number of para-hydroxylation sites is 1. The number of rotatable bonds is 6. The second kappa shape index (κ2) is 8.43. The van der Waals surface area contributed by atoms with Gasteiger partial charge in [0.25, 0.3) is 17.0 Å². The van der Waals surface area contributed by atoms with Gasteiger partial charge in [-0.05, 0) is 31.5 Å². The number of benzene rings is 2. The summed E-state index contributed by atoms with van der Waals surface area (Å²) in [6.45, 7) is 7.02. The van der Waals surface area contributed by atoms with Gasteiger partial charge < -0.3 is 10.4 Å². The number of carbonyl (C=O) groups is 1. The molecule has 0 aliphatic heterocycles. The Morgan fingerprint density at radius 3 is 2.16 bits per heavy atom. The number of nitrogens with one attached hydrogen (secondary N) is 4. The molecule has 0 aliphatic rings. The Kier molecular flexibility index (Phi) is 5.51. The first kappa shape index (κ1) is 20.9. The number of amides is 1. The van der Waals surface area contributed by atoms with Crippen LogP contribution in [0.15, 0.2) is 82.4 Å². The molecule has 0 spiro atoms. The van der Waals surface area contributed by atoms with Crippen molar-refractivity contribution in [3.8, 4) is 5.69 Å². The Morgan fingerprint density at radius 1 is 0.969 bits per heavy atom. The van der Waals surface area contributed by atoms with Crippen LogP contribution in [0.4, 0.5) is 5.82 Å². The molecule has 0 fully saturated rings. The molecule has 2 heterocycles. The quantitative estimate of drug-likeness (QED) is 0.353. The van der Waals surface area contributed by atoms with Crippen LogP contribution in [0.5, 0.6) is 0 Å². The van der Waals surface area contributed by atoms with Crippen molar-refractivity contribution in [2.24, 2.45) is 0 Å². The van der Waals surface area contributed by atoms with Crippen LogP contribution in [0.25, 0.3) is 5.69 Å². The standard InChI is InChI=1S/C24H23N5O3/c1-14(2)22(30)25-21-20(24(32)29(28-21)17-12-8-5-9-13-17)19(16-10-6-4-7-11-16)18-15(3)26-27-23(18)31/h4-13,19,28H,1H2,2-3H3,(H,25,30)(H2,26,27,31). The fourth-order valence-corrected chi connectivity index (χ4v) is 3.72. The van der Waals surface area contributed by atoms with E-state index >= 15 is 0 Å². The second-order valence-corrected chi connectivity index (χ2v) is 7.57. The van der Waals surface area contributed by atoms with E-state index in [1.54, 1.807) is 26.0 Å². The Hall–Kier alpha value is -4.33. The van der Waals surface area contributed by atoms with Gasteiger partial charge in [-0.3, -0.25) is 24.6 Å². The maximum atomic E-state index is 13.7. The lowest BCUT2D eigenvalue weighted by Crippen LogP contribution is -2.24. The summed E-state index contributed by atoms with van der Waals surface area (Å²) in [4.78, 5) is 38.9. The average molecular weight is 429 g/mol. The topological polar surface area (TPSA) is 116 Å². The van der Waals surface area contributed by atoms with Crippen LogP contribution in [0.2, 0.25) is 0 Å². The summed E-state index contributed by atoms with van der Waals surface area (Å²) in [5.74, 6) is -0.944. The van der Waals surface area contributed by atoms with Gasteiger partial charge in [0.15, 0.2) is 0 Å². The molecule has 4 aromatic rings. The molecule has 32 heavy (non-hydrogen) atoms. The summed E-state index contributed by atoms with van der Waals surface area (Å²) in [7, 11) is 0. The number of anilines is 1. The van der Waals surface area contributed by atoms with Crippen LogP contribution in [-0.2, 0) is 4.79 Å². The zero-order chi connectivity index (χ0) is 22.8. The van der Waals surface area contributed by atoms with Crippen molar-refractivity contribution in [3.63, 3.8) is 0 Å². The summed E-state index contributed by atoms with van der Waals surface area (Å²) in [6, 6.07) is 18.3. The molecule has 2 aromatic heterocycles. The monoisotopic (exact) mass is 429 g/mol. The van der Waals surface area contributed by atoms with Crippen LogP contribution in [0, 0.1) is 6.92 Å². The maximum absolute atomic E-state index is 13.7. The van der Waals surface area contributed by atoms with Crippen LogP contribution < -0.4 is 16.4 Å². The number of aryl methyl sites for hydroxylation is 1. The van der Waals surface area contributed by atoms with Gasteiger partial charge in [0.1, 0.15) is 5.82 Å². The van der Waals surface area contributed by atoms with Crippen molar-refractivity contribution in [3.05, 3.63) is 116 Å². The van der Waals surface area contributed by atoms with E-state index in [1.165, 1.54) is 4.68 Å². The van der Waals surface area contributed by atoms with Crippen molar-refractivity contribution < 1.29 is 4.79 Å². The molecular formula is C24H23N5O3. The van der Waals surface area contributed by atoms with Gasteiger partial charge in [0.2, 0.25) is 0 Å². The summed E-state index contributed by atoms with van der Waals surface area (Å²) >= 11 is 0. The molecule has 1 unspecified atom stereocenters. The third-order valence-corrected chi connectivity index (χ3v) is 5.29. The number of hydrogen-bond donors (Lipinski definition) is 4. The fraction of sp³-hybridized carbons (Fsp3) is 0.125. The Labute approximate surface area is 183 Å². The normalized spacial score (nSPS) is 11.8. The molecule has 162 valence electrons. The fourth-order valence-electron chi connectivity index (χ4n) is 3.72. The van der Waals surface area contributed by atoms with E-state index in [0.29, 0.717) is 16.9 Å². The van der Waals surface area contributed by atoms with Crippen LogP contribution >= 0.6 is 0 Å². The third kappa shape index (κ3) is 3.74. The third-order valence-electron chi connectivity index (χ3n) is 5.29. The van der Waals surface area contributed by atoms with E-state index in [2.05, 4.69) is 27.2 Å². The smallest absolute Gasteiger partial charge is 0.277 e. The van der Waals surface area contributed by atoms with Gasteiger partial charge in [-0.15, -0.1) is 0 Å². The van der Waals surface area contributed by atoms with Gasteiger partial charge in [0, 0.05) is 11.3 Å². The van der Waals surface area contributed by atoms with Gasteiger partial charge in [-0.25, -0.2) is 4.68 Å². The molecule has 1 atom stereocenters. The number of aromatic nitrogens is 4. The zero-order valence-corrected chi connectivity index (χ0v) is 17.7. The predicted molar refractivity (Wildman–Crippen MR) is 123 cm³/mol. The first-order valence-electron chi connectivity index (χ1n) is 10.1. The molecule has 8 nitrogen and oxygen atoms in total. The Morgan fingerprint density at radius 2 is 1.59 bits per heavy atom. The van der Waals surface area contributed by atoms with Gasteiger partial charge >= 0.3 is 0 Å². The molecule has 2 aromatic carbocycles. The van der Waals surface area contributed by atoms with Crippen LogP contribution in [-0.4, -0.2) is 25.9 Å². The first-order chi connectivity index (χ1) is 15.4. The minimum atomic E-state index is -0.722. The number of H-pyrrole nitrogens is 3. The van der Waals surface area contributed by atoms with Crippen molar-refractivity contribution in [1.29, 1.82) is 0 Å². The number of aromatic amines is 3. The highest BCUT2D eigenvalue weighted by Gasteiger charge is 2.31. The van der Waals surface area contributed by atoms with E-state index in [0.717, 1.165) is 5.56 Å². The van der Waals surface area contributed by atoms with E-state index in [4.69, 9.17) is 0 Å². The first-order valence-corrected chi connectivity index (χ1v) is 10.1. The van der Waals surface area contributed by atoms with Gasteiger partial charge in [-0.1, -0.05) is 55.1 Å². The van der Waals surface area contributed by atoms with Crippen molar-refractivity contribution in [1.82, 2.24) is 20.0 Å². The maximum Gasteiger partial charge on any atom is 0.277 e. The van der Waals surface area contributed by atoms with Crippen LogP contribution in [0.3, 0.4) is 0 Å². The van der Waals surface area contributed by atoms with Crippen molar-refractivity contribution >= 4 is 11.7 Å². The summed E-state index contributed by atoms with van der Waals surface area (Å²) < 4.78 is 1.36. The molecule has 0 saturated carbocycles. The van der Waals surface area contributed by atoms with Gasteiger partial charge in [0.05, 0.1) is 22.7 Å². The second-order valence-electron chi connectivity index (χ2n) is 7.57. The number of carbonyl (C=O) groups excluding carboxylic acids is 1. The van der Waals surface area contributed by atoms with Crippen LogP contribution in [0.1, 0.15) is 35.2 Å². The molecular weight excluding hydrogens is 406 g/mol. The molecule has 1 amide bonds. The Balaban J connectivity index is 2.03. The average Bonchev–Trinajstić information content (AvgIpc) is 3.29. The molecule has 0 saturated heterocycles. The van der Waals surface area contributed by atoms with E-state index in [1.807, 2.05) is 48.5 Å². The SMILES string of the molecule is C=C(C)C(=O)Nc1[nH]n(-c2ccccc2)c(=O)c1C(c1ccccc1)c1c(C)[nH][nH]c1=O. The number of hydrogen-bond acceptors (Lipinski definition) is 3. The van der Waals surface area contributed by atoms with Crippen molar-refractivity contribution in [2.45, 2.75) is 19.8 Å². The lowest BCUT2D eigenvalue weighted by atomic mass is 9.86. The van der Waals surface area contributed by atoms with Gasteiger partial charge in [-0.2, -0.15) is 0 Å². The minimum absolute atomic E-state index is 0.209. The molecule has 4 rings (SSSR count). The summed E-state index contributed by atoms with van der Waals surface area (Å²) in [5, 5.41) is 11.2. The predicted octanol–water partition coefficient (Wildman–Crippen LogP) is 3.19. The minimum Gasteiger partial charge on any atom is -0.307 e. The molecule has 8 heteroatoms. The largest absolute Gasteiger partial charge is 0.307 e. The lowest BCUT2D eigenvalue weighted by molar-refractivity contribution is -0.112. The molecule has 0 aliphatic carbocycles. The molecule has 0 bridgehead atoms. The van der Waals surface area contributed by atoms with E-state index in [9.17, 15) is 14.4 Å². The van der Waals surface area contributed by atoms with Crippen molar-refractivity contribution in [2.75, 3.05) is 5.32 Å². The highest BCUT2D eigenvalue weighted by Crippen LogP contribution is 2.33. The summed E-state index contributed by atoms with van der Waals surface area (Å²) in [6.07, 6.45) is 0. The zero-order valence-electron chi connectivity index (χ0n) is 17.7. The Bertz CT molecular complexity index is 1390. The molecule has 0 radical (unpaired) electrons. The highest BCUT2D eigenvalue weighted by atomic mass is 16.2. The summed E-state index contributed by atoms with van der Waals surface area (Å²) in [5.41, 5.74) is 2.18. The number of nitrogens with zero attached hydrogens (tertiary/aromatic N) is 1. The lowest BCUT2D eigenvalue weighted by Gasteiger charge is -2.16. The van der Waals surface area contributed by atoms with E-state index < -0.39 is 11.8 Å². The molecule has 4 N–H and O–H groups in total. The highest BCUT2D eigenvalue weighted by molar-refractivity contribution is 6.02. The van der Waals surface area contributed by atoms with E-state index in [-0.39, 0.29) is 28.1 Å².